The van der Waals surface area contributed by atoms with E-state index in [2.05, 4.69) is 26.2 Å². The third kappa shape index (κ3) is 3.81. The van der Waals surface area contributed by atoms with E-state index in [0.29, 0.717) is 10.6 Å². The van der Waals surface area contributed by atoms with Crippen molar-refractivity contribution < 1.29 is 14.7 Å². The van der Waals surface area contributed by atoms with E-state index in [0.717, 1.165) is 15.1 Å². The smallest absolute Gasteiger partial charge is 0.359 e. The van der Waals surface area contributed by atoms with Crippen molar-refractivity contribution in [2.24, 2.45) is 5.16 Å². The Bertz CT molecular complexity index is 940. The number of para-hydroxylation sites is 1. The van der Waals surface area contributed by atoms with Gasteiger partial charge in [-0.1, -0.05) is 51.0 Å². The van der Waals surface area contributed by atoms with E-state index >= 15 is 0 Å². The number of carbonyl (C=O) groups is 1. The number of halogens is 1. The summed E-state index contributed by atoms with van der Waals surface area (Å²) in [6, 6.07) is 17.1. The van der Waals surface area contributed by atoms with E-state index in [1.54, 1.807) is 4.68 Å². The van der Waals surface area contributed by atoms with Gasteiger partial charge in [-0.3, -0.25) is 0 Å². The Labute approximate surface area is 162 Å². The first-order valence-corrected chi connectivity index (χ1v) is 9.12. The minimum atomic E-state index is -0.604. The monoisotopic (exact) mass is 431 g/mol. The van der Waals surface area contributed by atoms with E-state index in [9.17, 15) is 4.79 Å². The van der Waals surface area contributed by atoms with E-state index < -0.39 is 5.97 Å². The van der Waals surface area contributed by atoms with Crippen molar-refractivity contribution in [3.8, 4) is 5.69 Å². The molecule has 0 radical (unpaired) electrons. The van der Waals surface area contributed by atoms with Crippen molar-refractivity contribution in [1.29, 1.82) is 0 Å². The van der Waals surface area contributed by atoms with Gasteiger partial charge in [0.25, 0.3) is 0 Å². The van der Waals surface area contributed by atoms with Crippen LogP contribution in [-0.4, -0.2) is 34.3 Å². The van der Waals surface area contributed by atoms with Crippen molar-refractivity contribution in [3.05, 3.63) is 70.3 Å². The molecule has 132 valence electrons. The predicted molar refractivity (Wildman–Crippen MR) is 103 cm³/mol. The summed E-state index contributed by atoms with van der Waals surface area (Å²) in [5, 5.41) is 17.2. The van der Waals surface area contributed by atoms with E-state index in [1.165, 1.54) is 25.1 Å². The summed E-state index contributed by atoms with van der Waals surface area (Å²) in [6.07, 6.45) is 1.19. The number of ether oxygens (including phenoxy) is 1. The Balaban J connectivity index is 2.18. The summed E-state index contributed by atoms with van der Waals surface area (Å²) >= 11 is 4.81. The fourth-order valence-electron chi connectivity index (χ4n) is 2.29. The third-order valence-electron chi connectivity index (χ3n) is 3.47. The highest BCUT2D eigenvalue weighted by Crippen LogP contribution is 2.34. The van der Waals surface area contributed by atoms with Crippen LogP contribution in [0.2, 0.25) is 0 Å². The van der Waals surface area contributed by atoms with Gasteiger partial charge in [-0.25, -0.2) is 9.48 Å². The lowest BCUT2D eigenvalue weighted by atomic mass is 10.2. The maximum atomic E-state index is 12.1. The van der Waals surface area contributed by atoms with Crippen LogP contribution in [-0.2, 0) is 4.74 Å². The van der Waals surface area contributed by atoms with Crippen LogP contribution in [0.1, 0.15) is 16.1 Å². The number of benzene rings is 2. The van der Waals surface area contributed by atoms with Crippen LogP contribution in [0.5, 0.6) is 0 Å². The summed E-state index contributed by atoms with van der Waals surface area (Å²) in [5.74, 6) is -0.604. The van der Waals surface area contributed by atoms with E-state index in [1.807, 2.05) is 54.6 Å². The Morgan fingerprint density at radius 2 is 1.92 bits per heavy atom. The second-order valence-electron chi connectivity index (χ2n) is 5.11. The molecule has 3 rings (SSSR count). The van der Waals surface area contributed by atoms with Crippen LogP contribution < -0.4 is 0 Å². The van der Waals surface area contributed by atoms with Crippen LogP contribution in [0, 0.1) is 0 Å². The summed E-state index contributed by atoms with van der Waals surface area (Å²) in [6.45, 7) is 0. The van der Waals surface area contributed by atoms with Crippen molar-refractivity contribution in [2.75, 3.05) is 7.11 Å². The first-order valence-electron chi connectivity index (χ1n) is 7.51. The number of nitrogens with zero attached hydrogens (tertiary/aromatic N) is 3. The molecule has 0 spiro atoms. The number of rotatable bonds is 5. The molecule has 0 fully saturated rings. The van der Waals surface area contributed by atoms with Gasteiger partial charge in [-0.05, 0) is 36.4 Å². The molecule has 2 aromatic carbocycles. The minimum Gasteiger partial charge on any atom is -0.464 e. The average Bonchev–Trinajstić information content (AvgIpc) is 3.02. The number of aromatic nitrogens is 2. The molecule has 1 aromatic heterocycles. The van der Waals surface area contributed by atoms with Gasteiger partial charge in [0.2, 0.25) is 0 Å². The van der Waals surface area contributed by atoms with Crippen LogP contribution in [0.3, 0.4) is 0 Å². The highest BCUT2D eigenvalue weighted by Gasteiger charge is 2.24. The number of oxime groups is 1. The number of carbonyl (C=O) groups excluding carboxylic acids is 1. The van der Waals surface area contributed by atoms with Gasteiger partial charge in [0.1, 0.15) is 5.03 Å². The molecule has 0 aliphatic rings. The second-order valence-corrected chi connectivity index (χ2v) is 7.08. The number of methoxy groups -OCH3 is 1. The molecule has 0 aliphatic heterocycles. The molecule has 6 nitrogen and oxygen atoms in total. The fraction of sp³-hybridized carbons (Fsp3) is 0.0556. The molecule has 0 saturated carbocycles. The van der Waals surface area contributed by atoms with E-state index in [4.69, 9.17) is 9.94 Å². The number of hydrogen-bond donors (Lipinski definition) is 1. The summed E-state index contributed by atoms with van der Waals surface area (Å²) in [5.41, 5.74) is 1.24. The molecule has 0 unspecified atom stereocenters. The summed E-state index contributed by atoms with van der Waals surface area (Å²) in [7, 11) is 1.28. The van der Waals surface area contributed by atoms with Gasteiger partial charge in [-0.2, -0.15) is 5.10 Å². The predicted octanol–water partition coefficient (Wildman–Crippen LogP) is 4.38. The standard InChI is InChI=1S/C18H14BrN3O3S/c1-25-18(23)16-15(11-20-24)17(26-14-9-7-12(19)8-10-14)22(21-16)13-5-3-2-4-6-13/h2-11,24H,1H3/b20-11+. The number of hydrogen-bond acceptors (Lipinski definition) is 6. The molecule has 0 amide bonds. The Morgan fingerprint density at radius 3 is 2.54 bits per heavy atom. The molecule has 3 aromatic rings. The van der Waals surface area contributed by atoms with Gasteiger partial charge in [0.15, 0.2) is 5.69 Å². The minimum absolute atomic E-state index is 0.0776. The molecule has 26 heavy (non-hydrogen) atoms. The topological polar surface area (TPSA) is 76.7 Å². The summed E-state index contributed by atoms with van der Waals surface area (Å²) in [4.78, 5) is 13.1. The second kappa shape index (κ2) is 8.20. The molecule has 0 aliphatic carbocycles. The first-order chi connectivity index (χ1) is 12.6. The van der Waals surface area contributed by atoms with Crippen LogP contribution in [0.15, 0.2) is 74.1 Å². The lowest BCUT2D eigenvalue weighted by Crippen LogP contribution is -2.06. The fourth-order valence-corrected chi connectivity index (χ4v) is 3.54. The van der Waals surface area contributed by atoms with Gasteiger partial charge in [0.05, 0.1) is 24.6 Å². The Morgan fingerprint density at radius 1 is 1.23 bits per heavy atom. The van der Waals surface area contributed by atoms with Crippen LogP contribution in [0.25, 0.3) is 5.69 Å². The molecule has 0 atom stereocenters. The quantitative estimate of drug-likeness (QED) is 0.280. The molecule has 1 N–H and O–H groups in total. The normalized spacial score (nSPS) is 11.0. The van der Waals surface area contributed by atoms with Crippen molar-refractivity contribution in [3.63, 3.8) is 0 Å². The molecule has 0 saturated heterocycles. The summed E-state index contributed by atoms with van der Waals surface area (Å²) < 4.78 is 7.42. The average molecular weight is 432 g/mol. The van der Waals surface area contributed by atoms with E-state index in [-0.39, 0.29) is 5.69 Å². The van der Waals surface area contributed by atoms with Crippen LogP contribution >= 0.6 is 27.7 Å². The molecule has 0 bridgehead atoms. The lowest BCUT2D eigenvalue weighted by molar-refractivity contribution is 0.0593. The highest BCUT2D eigenvalue weighted by atomic mass is 79.9. The van der Waals surface area contributed by atoms with Gasteiger partial charge in [-0.15, -0.1) is 0 Å². The van der Waals surface area contributed by atoms with Crippen LogP contribution in [0.4, 0.5) is 0 Å². The Hall–Kier alpha value is -2.58. The molecule has 1 heterocycles. The van der Waals surface area contributed by atoms with Gasteiger partial charge < -0.3 is 9.94 Å². The SMILES string of the molecule is COC(=O)c1nn(-c2ccccc2)c(Sc2ccc(Br)cc2)c1/C=N/O. The maximum absolute atomic E-state index is 12.1. The van der Waals surface area contributed by atoms with Gasteiger partial charge >= 0.3 is 5.97 Å². The zero-order valence-electron chi connectivity index (χ0n) is 13.7. The zero-order valence-corrected chi connectivity index (χ0v) is 16.1. The zero-order chi connectivity index (χ0) is 18.5. The lowest BCUT2D eigenvalue weighted by Gasteiger charge is -2.08. The molecule has 8 heteroatoms. The highest BCUT2D eigenvalue weighted by molar-refractivity contribution is 9.10. The van der Waals surface area contributed by atoms with Gasteiger partial charge in [0, 0.05) is 9.37 Å². The third-order valence-corrected chi connectivity index (χ3v) is 5.10. The number of esters is 1. The van der Waals surface area contributed by atoms with Crippen molar-refractivity contribution in [2.45, 2.75) is 9.92 Å². The molecular formula is C18H14BrN3O3S. The van der Waals surface area contributed by atoms with Crippen molar-refractivity contribution >= 4 is 39.9 Å². The maximum Gasteiger partial charge on any atom is 0.359 e. The largest absolute Gasteiger partial charge is 0.464 e. The van der Waals surface area contributed by atoms with Crippen molar-refractivity contribution in [1.82, 2.24) is 9.78 Å². The first kappa shape index (κ1) is 18.2. The Kier molecular flexibility index (Phi) is 5.75. The molecular weight excluding hydrogens is 418 g/mol.